The molecule has 178 valence electrons. The highest BCUT2D eigenvalue weighted by atomic mass is 35.5. The summed E-state index contributed by atoms with van der Waals surface area (Å²) in [6.45, 7) is 4.46. The molecule has 0 bridgehead atoms. The fourth-order valence-corrected chi connectivity index (χ4v) is 5.13. The summed E-state index contributed by atoms with van der Waals surface area (Å²) in [5.41, 5.74) is 2.03. The van der Waals surface area contributed by atoms with Gasteiger partial charge in [0.2, 0.25) is 0 Å². The number of amides is 3. The number of imide groups is 1. The van der Waals surface area contributed by atoms with Gasteiger partial charge in [-0.05, 0) is 29.8 Å². The second kappa shape index (κ2) is 9.44. The lowest BCUT2D eigenvalue weighted by Crippen LogP contribution is -2.63. The van der Waals surface area contributed by atoms with Crippen LogP contribution in [0, 0.1) is 0 Å². The number of urea groups is 1. The molecule has 0 aromatic heterocycles. The number of carbonyl (C=O) groups excluding carboxylic acids is 2. The number of nitrogens with one attached hydrogen (secondary N) is 1. The molecular weight excluding hydrogens is 475 g/mol. The number of piperazine rings is 1. The molecule has 2 aromatic rings. The van der Waals surface area contributed by atoms with Gasteiger partial charge in [-0.15, -0.1) is 0 Å². The van der Waals surface area contributed by atoms with Crippen LogP contribution in [-0.2, 0) is 11.3 Å². The Morgan fingerprint density at radius 1 is 1.00 bits per heavy atom. The van der Waals surface area contributed by atoms with Gasteiger partial charge < -0.3 is 14.7 Å². The molecule has 2 saturated heterocycles. The summed E-state index contributed by atoms with van der Waals surface area (Å²) in [6, 6.07) is 14.5. The minimum atomic E-state index is -0.582. The zero-order chi connectivity index (χ0) is 23.8. The second-order valence-electron chi connectivity index (χ2n) is 8.77. The average molecular weight is 501 g/mol. The van der Waals surface area contributed by atoms with Gasteiger partial charge in [0.25, 0.3) is 5.91 Å². The highest BCUT2D eigenvalue weighted by Crippen LogP contribution is 2.28. The van der Waals surface area contributed by atoms with Crippen LogP contribution in [0.4, 0.5) is 10.5 Å². The lowest BCUT2D eigenvalue weighted by atomic mass is 10.1. The van der Waals surface area contributed by atoms with Gasteiger partial charge in [-0.25, -0.2) is 9.79 Å². The Kier molecular flexibility index (Phi) is 6.38. The fraction of sp³-hybridized carbons (Fsp3) is 0.375. The Hall–Kier alpha value is -2.81. The summed E-state index contributed by atoms with van der Waals surface area (Å²) in [5.74, 6) is 0.465. The van der Waals surface area contributed by atoms with Crippen molar-refractivity contribution in [3.8, 4) is 0 Å². The first-order chi connectivity index (χ1) is 16.4. The van der Waals surface area contributed by atoms with Gasteiger partial charge in [0.05, 0.1) is 6.54 Å². The predicted octanol–water partition coefficient (Wildman–Crippen LogP) is 2.91. The average Bonchev–Trinajstić information content (AvgIpc) is 3.18. The van der Waals surface area contributed by atoms with Crippen molar-refractivity contribution < 1.29 is 9.59 Å². The van der Waals surface area contributed by atoms with Crippen LogP contribution in [0.3, 0.4) is 0 Å². The Morgan fingerprint density at radius 2 is 1.76 bits per heavy atom. The topological polar surface area (TPSA) is 71.5 Å². The number of carbonyl (C=O) groups is 2. The number of halogens is 2. The zero-order valence-electron chi connectivity index (χ0n) is 18.8. The third kappa shape index (κ3) is 4.45. The van der Waals surface area contributed by atoms with Crippen molar-refractivity contribution in [2.24, 2.45) is 4.99 Å². The molecule has 34 heavy (non-hydrogen) atoms. The molecule has 10 heteroatoms. The first kappa shape index (κ1) is 23.0. The normalized spacial score (nSPS) is 23.1. The van der Waals surface area contributed by atoms with E-state index in [2.05, 4.69) is 21.2 Å². The van der Waals surface area contributed by atoms with E-state index in [0.29, 0.717) is 18.1 Å². The van der Waals surface area contributed by atoms with Gasteiger partial charge in [-0.1, -0.05) is 47.5 Å². The smallest absolute Gasteiger partial charge is 0.325 e. The van der Waals surface area contributed by atoms with Crippen LogP contribution in [0.25, 0.3) is 0 Å². The maximum Gasteiger partial charge on any atom is 0.325 e. The van der Waals surface area contributed by atoms with Gasteiger partial charge in [0, 0.05) is 55.5 Å². The Morgan fingerprint density at radius 3 is 2.50 bits per heavy atom. The number of amidine groups is 1. The van der Waals surface area contributed by atoms with Crippen molar-refractivity contribution in [1.82, 2.24) is 20.0 Å². The van der Waals surface area contributed by atoms with E-state index in [-0.39, 0.29) is 5.91 Å². The van der Waals surface area contributed by atoms with E-state index in [1.165, 1.54) is 4.90 Å². The summed E-state index contributed by atoms with van der Waals surface area (Å²) >= 11 is 12.6. The molecule has 3 aliphatic heterocycles. The van der Waals surface area contributed by atoms with Crippen LogP contribution in [0.15, 0.2) is 53.5 Å². The molecule has 2 atom stereocenters. The third-order valence-corrected chi connectivity index (χ3v) is 7.26. The highest BCUT2D eigenvalue weighted by molar-refractivity contribution is 6.31. The minimum Gasteiger partial charge on any atom is -0.369 e. The summed E-state index contributed by atoms with van der Waals surface area (Å²) in [5, 5.41) is 3.82. The summed E-state index contributed by atoms with van der Waals surface area (Å²) in [6.07, 6.45) is -0.550. The summed E-state index contributed by atoms with van der Waals surface area (Å²) < 4.78 is 0. The van der Waals surface area contributed by atoms with Crippen molar-refractivity contribution in [2.75, 3.05) is 44.7 Å². The molecule has 0 saturated carbocycles. The van der Waals surface area contributed by atoms with Gasteiger partial charge >= 0.3 is 6.03 Å². The van der Waals surface area contributed by atoms with Crippen LogP contribution in [0.1, 0.15) is 5.56 Å². The van der Waals surface area contributed by atoms with Crippen LogP contribution < -0.4 is 10.2 Å². The predicted molar refractivity (Wildman–Crippen MR) is 133 cm³/mol. The van der Waals surface area contributed by atoms with E-state index < -0.39 is 18.2 Å². The molecule has 2 unspecified atom stereocenters. The third-order valence-electron chi connectivity index (χ3n) is 6.66. The fourth-order valence-electron chi connectivity index (χ4n) is 4.75. The second-order valence-corrected chi connectivity index (χ2v) is 9.62. The van der Waals surface area contributed by atoms with Gasteiger partial charge in [0.1, 0.15) is 5.84 Å². The SMILES string of the molecule is CN1C(=O)NC(=O)C2C1N=C(CN1CCN(c3cccc(Cl)c3)CC1)N2Cc1ccccc1Cl. The molecule has 3 amide bonds. The van der Waals surface area contributed by atoms with Gasteiger partial charge in [-0.2, -0.15) is 0 Å². The van der Waals surface area contributed by atoms with Crippen molar-refractivity contribution in [1.29, 1.82) is 0 Å². The van der Waals surface area contributed by atoms with Gasteiger partial charge in [0.15, 0.2) is 12.2 Å². The van der Waals surface area contributed by atoms with Crippen molar-refractivity contribution in [3.05, 3.63) is 64.1 Å². The van der Waals surface area contributed by atoms with Crippen LogP contribution in [0.5, 0.6) is 0 Å². The number of fused-ring (bicyclic) bond motifs is 1. The van der Waals surface area contributed by atoms with Crippen molar-refractivity contribution in [2.45, 2.75) is 18.8 Å². The number of anilines is 1. The number of aliphatic imine (C=N–C) groups is 1. The molecule has 0 aliphatic carbocycles. The number of hydrogen-bond donors (Lipinski definition) is 1. The Bertz CT molecular complexity index is 1130. The quantitative estimate of drug-likeness (QED) is 0.683. The molecule has 2 fully saturated rings. The number of likely N-dealkylation sites (N-methyl/N-ethyl adjacent to an activating group) is 1. The van der Waals surface area contributed by atoms with E-state index >= 15 is 0 Å². The van der Waals surface area contributed by atoms with Crippen LogP contribution >= 0.6 is 23.2 Å². The Balaban J connectivity index is 1.34. The number of hydrogen-bond acceptors (Lipinski definition) is 6. The highest BCUT2D eigenvalue weighted by Gasteiger charge is 2.48. The standard InChI is InChI=1S/C24H26Cl2N6O2/c1-29-22-21(23(33)28-24(29)34)32(14-16-5-2-3-8-19(16)26)20(27-22)15-30-9-11-31(12-10-30)18-7-4-6-17(25)13-18/h2-8,13,21-22H,9-12,14-15H2,1H3,(H,28,33,34). The number of rotatable bonds is 5. The van der Waals surface area contributed by atoms with E-state index in [0.717, 1.165) is 48.3 Å². The molecule has 3 heterocycles. The van der Waals surface area contributed by atoms with Gasteiger partial charge in [-0.3, -0.25) is 15.0 Å². The molecule has 8 nitrogen and oxygen atoms in total. The summed E-state index contributed by atoms with van der Waals surface area (Å²) in [7, 11) is 1.67. The molecule has 5 rings (SSSR count). The van der Waals surface area contributed by atoms with Crippen molar-refractivity contribution in [3.63, 3.8) is 0 Å². The molecule has 3 aliphatic rings. The van der Waals surface area contributed by atoms with Crippen molar-refractivity contribution >= 4 is 46.7 Å². The molecule has 0 spiro atoms. The maximum atomic E-state index is 12.8. The maximum absolute atomic E-state index is 12.8. The first-order valence-corrected chi connectivity index (χ1v) is 12.0. The molecular formula is C24H26Cl2N6O2. The van der Waals surface area contributed by atoms with Crippen LogP contribution in [0.2, 0.25) is 10.0 Å². The molecule has 2 aromatic carbocycles. The van der Waals surface area contributed by atoms with E-state index in [4.69, 9.17) is 28.2 Å². The zero-order valence-corrected chi connectivity index (χ0v) is 20.3. The monoisotopic (exact) mass is 500 g/mol. The van der Waals surface area contributed by atoms with E-state index in [1.807, 2.05) is 47.4 Å². The van der Waals surface area contributed by atoms with E-state index in [1.54, 1.807) is 7.05 Å². The Labute approximate surface area is 208 Å². The van der Waals surface area contributed by atoms with Crippen LogP contribution in [-0.4, -0.2) is 84.5 Å². The largest absolute Gasteiger partial charge is 0.369 e. The number of nitrogens with zero attached hydrogens (tertiary/aromatic N) is 5. The number of benzene rings is 2. The molecule has 1 N–H and O–H groups in total. The summed E-state index contributed by atoms with van der Waals surface area (Å²) in [4.78, 5) is 38.1. The lowest BCUT2D eigenvalue weighted by molar-refractivity contribution is -0.127. The lowest BCUT2D eigenvalue weighted by Gasteiger charge is -2.38. The molecule has 0 radical (unpaired) electrons. The first-order valence-electron chi connectivity index (χ1n) is 11.3. The minimum absolute atomic E-state index is 0.329. The van der Waals surface area contributed by atoms with E-state index in [9.17, 15) is 9.59 Å².